The van der Waals surface area contributed by atoms with Crippen molar-refractivity contribution in [2.45, 2.75) is 30.1 Å². The molecule has 0 amide bonds. The summed E-state index contributed by atoms with van der Waals surface area (Å²) in [5.74, 6) is 0.168. The van der Waals surface area contributed by atoms with Gasteiger partial charge in [0.15, 0.2) is 0 Å². The molecule has 5 heterocycles. The van der Waals surface area contributed by atoms with Crippen LogP contribution in [0.25, 0.3) is 0 Å². The maximum Gasteiger partial charge on any atom is 0.249 e. The van der Waals surface area contributed by atoms with Crippen LogP contribution in [0.3, 0.4) is 0 Å². The molecule has 3 aromatic rings. The van der Waals surface area contributed by atoms with Crippen molar-refractivity contribution < 1.29 is 13.2 Å². The van der Waals surface area contributed by atoms with E-state index in [4.69, 9.17) is 4.74 Å². The third-order valence-electron chi connectivity index (χ3n) is 5.47. The molecule has 154 valence electrons. The molecule has 0 radical (unpaired) electrons. The van der Waals surface area contributed by atoms with Crippen LogP contribution in [0.15, 0.2) is 72.1 Å². The summed E-state index contributed by atoms with van der Waals surface area (Å²) in [5.41, 5.74) is 1.82. The molecule has 9 heteroatoms. The lowest BCUT2D eigenvalue weighted by molar-refractivity contribution is 0.143. The lowest BCUT2D eigenvalue weighted by Gasteiger charge is -2.27. The smallest absolute Gasteiger partial charge is 0.249 e. The number of hydrogen-bond acceptors (Lipinski definition) is 7. The number of pyridine rings is 3. The zero-order chi connectivity index (χ0) is 20.6. The summed E-state index contributed by atoms with van der Waals surface area (Å²) in [5, 5.41) is 0. The van der Waals surface area contributed by atoms with Gasteiger partial charge in [0.1, 0.15) is 11.0 Å². The summed E-state index contributed by atoms with van der Waals surface area (Å²) in [4.78, 5) is 14.9. The second-order valence-corrected chi connectivity index (χ2v) is 9.31. The first kappa shape index (κ1) is 19.1. The zero-order valence-corrected chi connectivity index (χ0v) is 17.0. The van der Waals surface area contributed by atoms with Crippen LogP contribution in [-0.2, 0) is 23.1 Å². The molecule has 5 rings (SSSR count). The van der Waals surface area contributed by atoms with E-state index in [1.165, 1.54) is 4.31 Å². The minimum Gasteiger partial charge on any atom is -0.470 e. The van der Waals surface area contributed by atoms with E-state index in [0.717, 1.165) is 5.56 Å². The predicted octanol–water partition coefficient (Wildman–Crippen LogP) is 1.71. The second kappa shape index (κ2) is 7.75. The third kappa shape index (κ3) is 3.55. The van der Waals surface area contributed by atoms with E-state index in [-0.39, 0.29) is 29.5 Å². The predicted molar refractivity (Wildman–Crippen MR) is 109 cm³/mol. The summed E-state index contributed by atoms with van der Waals surface area (Å²) in [6.45, 7) is 2.06. The Balaban J connectivity index is 1.51. The van der Waals surface area contributed by atoms with Gasteiger partial charge in [-0.2, -0.15) is 4.31 Å². The lowest BCUT2D eigenvalue weighted by atomic mass is 10.2. The molecule has 1 saturated heterocycles. The van der Waals surface area contributed by atoms with Gasteiger partial charge in [-0.05, 0) is 42.0 Å². The lowest BCUT2D eigenvalue weighted by Crippen LogP contribution is -2.46. The normalized spacial score (nSPS) is 23.2. The molecule has 2 aliphatic rings. The molecule has 0 spiro atoms. The molecule has 30 heavy (non-hydrogen) atoms. The van der Waals surface area contributed by atoms with Gasteiger partial charge in [-0.25, -0.2) is 13.4 Å². The summed E-state index contributed by atoms with van der Waals surface area (Å²) in [6, 6.07) is 12.3. The van der Waals surface area contributed by atoms with Crippen LogP contribution in [0.2, 0.25) is 0 Å². The Hall–Kier alpha value is -2.88. The van der Waals surface area contributed by atoms with E-state index in [0.29, 0.717) is 25.3 Å². The Morgan fingerprint density at radius 3 is 2.57 bits per heavy atom. The number of ether oxygens (including phenoxy) is 1. The molecular weight excluding hydrogens is 402 g/mol. The van der Waals surface area contributed by atoms with E-state index in [1.54, 1.807) is 36.9 Å². The minimum absolute atomic E-state index is 0.107. The average Bonchev–Trinajstić information content (AvgIpc) is 3.11. The maximum atomic E-state index is 13.6. The van der Waals surface area contributed by atoms with Gasteiger partial charge in [0.25, 0.3) is 0 Å². The summed E-state index contributed by atoms with van der Waals surface area (Å²) in [7, 11) is -3.80. The molecule has 2 atom stereocenters. The molecule has 3 aromatic heterocycles. The highest BCUT2D eigenvalue weighted by Gasteiger charge is 2.47. The largest absolute Gasteiger partial charge is 0.470 e. The molecule has 2 aliphatic heterocycles. The van der Waals surface area contributed by atoms with Gasteiger partial charge < -0.3 is 4.74 Å². The van der Waals surface area contributed by atoms with Gasteiger partial charge in [0.05, 0.1) is 18.3 Å². The number of nitrogens with zero attached hydrogens (tertiary/aromatic N) is 5. The van der Waals surface area contributed by atoms with Crippen LogP contribution in [0.1, 0.15) is 11.3 Å². The molecular formula is C21H21N5O3S. The zero-order valence-electron chi connectivity index (χ0n) is 16.2. The van der Waals surface area contributed by atoms with Crippen LogP contribution in [0.5, 0.6) is 5.88 Å². The topological polar surface area (TPSA) is 88.5 Å². The Bertz CT molecular complexity index is 1130. The molecule has 0 aromatic carbocycles. The van der Waals surface area contributed by atoms with Gasteiger partial charge in [0.2, 0.25) is 15.9 Å². The van der Waals surface area contributed by atoms with Crippen molar-refractivity contribution in [2.75, 3.05) is 13.1 Å². The highest BCUT2D eigenvalue weighted by Crippen LogP contribution is 2.35. The van der Waals surface area contributed by atoms with Crippen molar-refractivity contribution in [2.24, 2.45) is 0 Å². The number of fused-ring (bicyclic) bond motifs is 2. The third-order valence-corrected chi connectivity index (χ3v) is 7.35. The second-order valence-electron chi connectivity index (χ2n) is 7.45. The average molecular weight is 423 g/mol. The first-order chi connectivity index (χ1) is 14.6. The van der Waals surface area contributed by atoms with Crippen molar-refractivity contribution >= 4 is 10.0 Å². The Labute approximate surface area is 175 Å². The molecule has 0 saturated carbocycles. The van der Waals surface area contributed by atoms with E-state index in [1.807, 2.05) is 30.3 Å². The highest BCUT2D eigenvalue weighted by atomic mass is 32.2. The molecule has 2 unspecified atom stereocenters. The van der Waals surface area contributed by atoms with Crippen LogP contribution in [-0.4, -0.2) is 57.8 Å². The molecule has 0 bridgehead atoms. The van der Waals surface area contributed by atoms with E-state index in [9.17, 15) is 8.42 Å². The standard InChI is InChI=1S/C21H21N5O3S/c27-30(28)20-5-3-9-24-21(20)29-19-15-25(12-16-6-10-22-11-7-16)14-18(19)26(30)13-17-4-1-2-8-23-17/h1-11,18-19H,12-15H2. The van der Waals surface area contributed by atoms with E-state index >= 15 is 0 Å². The van der Waals surface area contributed by atoms with E-state index < -0.39 is 10.0 Å². The summed E-state index contributed by atoms with van der Waals surface area (Å²) in [6.07, 6.45) is 6.44. The van der Waals surface area contributed by atoms with Gasteiger partial charge in [-0.3, -0.25) is 14.9 Å². The maximum absolute atomic E-state index is 13.6. The van der Waals surface area contributed by atoms with Crippen LogP contribution in [0.4, 0.5) is 0 Å². The Morgan fingerprint density at radius 2 is 1.77 bits per heavy atom. The number of sulfonamides is 1. The monoisotopic (exact) mass is 423 g/mol. The molecule has 8 nitrogen and oxygen atoms in total. The van der Waals surface area contributed by atoms with Crippen LogP contribution in [0, 0.1) is 0 Å². The number of hydrogen-bond donors (Lipinski definition) is 0. The van der Waals surface area contributed by atoms with Crippen molar-refractivity contribution in [1.82, 2.24) is 24.2 Å². The van der Waals surface area contributed by atoms with Gasteiger partial charge in [0, 0.05) is 44.4 Å². The van der Waals surface area contributed by atoms with Crippen molar-refractivity contribution in [3.8, 4) is 5.88 Å². The minimum atomic E-state index is -3.80. The number of aromatic nitrogens is 3. The van der Waals surface area contributed by atoms with Crippen molar-refractivity contribution in [3.63, 3.8) is 0 Å². The molecule has 1 fully saturated rings. The summed E-state index contributed by atoms with van der Waals surface area (Å²) < 4.78 is 34.8. The SMILES string of the molecule is O=S1(=O)c2cccnc2OC2CN(Cc3ccncc3)CC2N1Cc1ccccn1. The number of likely N-dealkylation sites (tertiary alicyclic amines) is 1. The number of rotatable bonds is 4. The quantitative estimate of drug-likeness (QED) is 0.631. The fraction of sp³-hybridized carbons (Fsp3) is 0.286. The van der Waals surface area contributed by atoms with E-state index in [2.05, 4.69) is 19.9 Å². The highest BCUT2D eigenvalue weighted by molar-refractivity contribution is 7.89. The van der Waals surface area contributed by atoms with Gasteiger partial charge in [-0.15, -0.1) is 0 Å². The van der Waals surface area contributed by atoms with Crippen molar-refractivity contribution in [1.29, 1.82) is 0 Å². The van der Waals surface area contributed by atoms with Crippen LogP contribution < -0.4 is 4.74 Å². The molecule has 0 N–H and O–H groups in total. The Kier molecular flexibility index (Phi) is 4.93. The molecule has 0 aliphatic carbocycles. The first-order valence-electron chi connectivity index (χ1n) is 9.76. The van der Waals surface area contributed by atoms with Gasteiger partial charge in [-0.1, -0.05) is 6.07 Å². The van der Waals surface area contributed by atoms with Crippen molar-refractivity contribution in [3.05, 3.63) is 78.5 Å². The summed E-state index contributed by atoms with van der Waals surface area (Å²) >= 11 is 0. The fourth-order valence-electron chi connectivity index (χ4n) is 4.06. The van der Waals surface area contributed by atoms with Gasteiger partial charge >= 0.3 is 0 Å². The fourth-order valence-corrected chi connectivity index (χ4v) is 5.75. The van der Waals surface area contributed by atoms with Crippen LogP contribution >= 0.6 is 0 Å². The Morgan fingerprint density at radius 1 is 0.933 bits per heavy atom. The first-order valence-corrected chi connectivity index (χ1v) is 11.2.